The highest BCUT2D eigenvalue weighted by molar-refractivity contribution is 7.80. The Labute approximate surface area is 96.4 Å². The second-order valence-corrected chi connectivity index (χ2v) is 4.40. The number of nitrogens with two attached hydrogens (primary N) is 1. The van der Waals surface area contributed by atoms with E-state index in [1.807, 2.05) is 24.3 Å². The van der Waals surface area contributed by atoms with Gasteiger partial charge in [-0.3, -0.25) is 0 Å². The summed E-state index contributed by atoms with van der Waals surface area (Å²) in [5, 5.41) is 0. The standard InChI is InChI=1S/C12H17NOS/c1-8(2)9(3)14-11-6-4-10(5-7-11)12(13)15/h4-9H,1-3H3,(H2,13,15). The first-order valence-corrected chi connectivity index (χ1v) is 5.48. The van der Waals surface area contributed by atoms with Crippen molar-refractivity contribution < 1.29 is 4.74 Å². The third-order valence-corrected chi connectivity index (χ3v) is 2.64. The van der Waals surface area contributed by atoms with E-state index in [1.165, 1.54) is 0 Å². The number of rotatable bonds is 4. The van der Waals surface area contributed by atoms with Crippen LogP contribution in [0, 0.1) is 5.92 Å². The van der Waals surface area contributed by atoms with Crippen molar-refractivity contribution >= 4 is 17.2 Å². The first-order valence-electron chi connectivity index (χ1n) is 5.07. The van der Waals surface area contributed by atoms with E-state index in [1.54, 1.807) is 0 Å². The van der Waals surface area contributed by atoms with Crippen molar-refractivity contribution in [1.82, 2.24) is 0 Å². The molecule has 0 aliphatic rings. The number of hydrogen-bond donors (Lipinski definition) is 1. The molecule has 2 nitrogen and oxygen atoms in total. The second kappa shape index (κ2) is 5.12. The first-order chi connectivity index (χ1) is 7.00. The van der Waals surface area contributed by atoms with Gasteiger partial charge in [0.1, 0.15) is 10.7 Å². The van der Waals surface area contributed by atoms with E-state index >= 15 is 0 Å². The lowest BCUT2D eigenvalue weighted by Gasteiger charge is -2.18. The van der Waals surface area contributed by atoms with E-state index in [2.05, 4.69) is 20.8 Å². The third kappa shape index (κ3) is 3.51. The zero-order chi connectivity index (χ0) is 11.4. The molecule has 0 aliphatic carbocycles. The van der Waals surface area contributed by atoms with Gasteiger partial charge in [-0.2, -0.15) is 0 Å². The SMILES string of the molecule is CC(C)C(C)Oc1ccc(C(N)=S)cc1. The van der Waals surface area contributed by atoms with Crippen LogP contribution in [0.1, 0.15) is 26.3 Å². The summed E-state index contributed by atoms with van der Waals surface area (Å²) in [5.74, 6) is 1.36. The van der Waals surface area contributed by atoms with Gasteiger partial charge in [-0.15, -0.1) is 0 Å². The molecule has 0 bridgehead atoms. The van der Waals surface area contributed by atoms with Gasteiger partial charge >= 0.3 is 0 Å². The summed E-state index contributed by atoms with van der Waals surface area (Å²) in [5.41, 5.74) is 6.37. The van der Waals surface area contributed by atoms with E-state index < -0.39 is 0 Å². The molecule has 0 saturated heterocycles. The monoisotopic (exact) mass is 223 g/mol. The van der Waals surface area contributed by atoms with Crippen LogP contribution < -0.4 is 10.5 Å². The zero-order valence-electron chi connectivity index (χ0n) is 9.36. The molecule has 1 rings (SSSR count). The lowest BCUT2D eigenvalue weighted by Crippen LogP contribution is -2.18. The molecular weight excluding hydrogens is 206 g/mol. The average molecular weight is 223 g/mol. The largest absolute Gasteiger partial charge is 0.490 e. The average Bonchev–Trinajstić information content (AvgIpc) is 2.18. The first kappa shape index (κ1) is 12.0. The molecule has 1 aromatic rings. The maximum Gasteiger partial charge on any atom is 0.119 e. The Bertz CT molecular complexity index is 332. The van der Waals surface area contributed by atoms with Gasteiger partial charge in [-0.05, 0) is 37.1 Å². The highest BCUT2D eigenvalue weighted by atomic mass is 32.1. The topological polar surface area (TPSA) is 35.2 Å². The molecule has 15 heavy (non-hydrogen) atoms. The summed E-state index contributed by atoms with van der Waals surface area (Å²) in [6.07, 6.45) is 0.209. The second-order valence-electron chi connectivity index (χ2n) is 3.96. The molecular formula is C12H17NOS. The maximum absolute atomic E-state index is 5.73. The molecule has 0 heterocycles. The Kier molecular flexibility index (Phi) is 4.09. The summed E-state index contributed by atoms with van der Waals surface area (Å²) < 4.78 is 5.73. The van der Waals surface area contributed by atoms with Crippen molar-refractivity contribution in [3.63, 3.8) is 0 Å². The van der Waals surface area contributed by atoms with Crippen molar-refractivity contribution in [1.29, 1.82) is 0 Å². The maximum atomic E-state index is 5.73. The third-order valence-electron chi connectivity index (χ3n) is 2.40. The normalized spacial score (nSPS) is 12.5. The van der Waals surface area contributed by atoms with Gasteiger partial charge in [-0.25, -0.2) is 0 Å². The molecule has 1 unspecified atom stereocenters. The number of ether oxygens (including phenoxy) is 1. The van der Waals surface area contributed by atoms with E-state index in [9.17, 15) is 0 Å². The molecule has 0 spiro atoms. The smallest absolute Gasteiger partial charge is 0.119 e. The molecule has 0 amide bonds. The minimum Gasteiger partial charge on any atom is -0.490 e. The van der Waals surface area contributed by atoms with Gasteiger partial charge in [0.05, 0.1) is 6.10 Å². The van der Waals surface area contributed by atoms with Gasteiger partial charge in [0.15, 0.2) is 0 Å². The fraction of sp³-hybridized carbons (Fsp3) is 0.417. The Morgan fingerprint density at radius 2 is 1.73 bits per heavy atom. The number of benzene rings is 1. The Morgan fingerprint density at radius 3 is 2.13 bits per heavy atom. The van der Waals surface area contributed by atoms with Crippen LogP contribution in [0.25, 0.3) is 0 Å². The Morgan fingerprint density at radius 1 is 1.20 bits per heavy atom. The lowest BCUT2D eigenvalue weighted by atomic mass is 10.1. The molecule has 0 aliphatic heterocycles. The van der Waals surface area contributed by atoms with Crippen molar-refractivity contribution in [3.8, 4) is 5.75 Å². The van der Waals surface area contributed by atoms with Crippen molar-refractivity contribution in [2.45, 2.75) is 26.9 Å². The number of thiocarbonyl (C=S) groups is 1. The van der Waals surface area contributed by atoms with Crippen molar-refractivity contribution in [3.05, 3.63) is 29.8 Å². The zero-order valence-corrected chi connectivity index (χ0v) is 10.2. The predicted molar refractivity (Wildman–Crippen MR) is 67.3 cm³/mol. The molecule has 0 aromatic heterocycles. The fourth-order valence-electron chi connectivity index (χ4n) is 1.05. The van der Waals surface area contributed by atoms with Crippen LogP contribution >= 0.6 is 12.2 Å². The minimum absolute atomic E-state index is 0.209. The molecule has 1 atom stereocenters. The van der Waals surface area contributed by atoms with Crippen molar-refractivity contribution in [2.24, 2.45) is 11.7 Å². The molecule has 0 saturated carbocycles. The molecule has 1 aromatic carbocycles. The summed E-state index contributed by atoms with van der Waals surface area (Å²) in [6.45, 7) is 6.33. The van der Waals surface area contributed by atoms with Crippen LogP contribution in [-0.2, 0) is 0 Å². The van der Waals surface area contributed by atoms with Gasteiger partial charge < -0.3 is 10.5 Å². The van der Waals surface area contributed by atoms with Crippen LogP contribution in [0.3, 0.4) is 0 Å². The van der Waals surface area contributed by atoms with E-state index in [4.69, 9.17) is 22.7 Å². The van der Waals surface area contributed by atoms with Crippen LogP contribution in [0.2, 0.25) is 0 Å². The summed E-state index contributed by atoms with van der Waals surface area (Å²) >= 11 is 4.87. The van der Waals surface area contributed by atoms with Crippen LogP contribution in [0.5, 0.6) is 5.75 Å². The van der Waals surface area contributed by atoms with Crippen LogP contribution in [0.15, 0.2) is 24.3 Å². The Balaban J connectivity index is 2.68. The highest BCUT2D eigenvalue weighted by Gasteiger charge is 2.08. The highest BCUT2D eigenvalue weighted by Crippen LogP contribution is 2.16. The van der Waals surface area contributed by atoms with Gasteiger partial charge in [0.25, 0.3) is 0 Å². The van der Waals surface area contributed by atoms with E-state index in [0.29, 0.717) is 10.9 Å². The number of hydrogen-bond acceptors (Lipinski definition) is 2. The van der Waals surface area contributed by atoms with Crippen LogP contribution in [0.4, 0.5) is 0 Å². The predicted octanol–water partition coefficient (Wildman–Crippen LogP) is 2.74. The molecule has 0 fully saturated rings. The van der Waals surface area contributed by atoms with Gasteiger partial charge in [0, 0.05) is 5.56 Å². The van der Waals surface area contributed by atoms with Crippen molar-refractivity contribution in [2.75, 3.05) is 0 Å². The van der Waals surface area contributed by atoms with Gasteiger partial charge in [-0.1, -0.05) is 26.1 Å². The molecule has 3 heteroatoms. The molecule has 0 radical (unpaired) electrons. The summed E-state index contributed by atoms with van der Waals surface area (Å²) in [6, 6.07) is 7.55. The Hall–Kier alpha value is -1.09. The van der Waals surface area contributed by atoms with Gasteiger partial charge in [0.2, 0.25) is 0 Å². The summed E-state index contributed by atoms with van der Waals surface area (Å²) in [7, 11) is 0. The molecule has 82 valence electrons. The fourth-order valence-corrected chi connectivity index (χ4v) is 1.18. The quantitative estimate of drug-likeness (QED) is 0.797. The minimum atomic E-state index is 0.209. The lowest BCUT2D eigenvalue weighted by molar-refractivity contribution is 0.170. The van der Waals surface area contributed by atoms with E-state index in [-0.39, 0.29) is 6.10 Å². The summed E-state index contributed by atoms with van der Waals surface area (Å²) in [4.78, 5) is 0.415. The van der Waals surface area contributed by atoms with Crippen LogP contribution in [-0.4, -0.2) is 11.1 Å². The molecule has 2 N–H and O–H groups in total. The van der Waals surface area contributed by atoms with E-state index in [0.717, 1.165) is 11.3 Å².